The molecule has 0 saturated carbocycles. The molecule has 0 bridgehead atoms. The topological polar surface area (TPSA) is 66.5 Å². The molecule has 0 unspecified atom stereocenters. The van der Waals surface area contributed by atoms with E-state index in [1.165, 1.54) is 4.31 Å². The Labute approximate surface area is 150 Å². The molecule has 0 radical (unpaired) electrons. The molecule has 24 heavy (non-hydrogen) atoms. The van der Waals surface area contributed by atoms with Crippen molar-refractivity contribution in [2.75, 3.05) is 22.4 Å². The molecule has 0 atom stereocenters. The van der Waals surface area contributed by atoms with E-state index in [-0.39, 0.29) is 5.91 Å². The zero-order chi connectivity index (χ0) is 17.9. The number of aryl methyl sites for hydroxylation is 1. The molecule has 1 N–H and O–H groups in total. The maximum Gasteiger partial charge on any atom is 0.255 e. The molecular formula is C17H19BrN2O3S. The summed E-state index contributed by atoms with van der Waals surface area (Å²) in [5, 5.41) is 2.83. The molecule has 0 spiro atoms. The smallest absolute Gasteiger partial charge is 0.255 e. The molecule has 5 nitrogen and oxygen atoms in total. The third-order valence-corrected chi connectivity index (χ3v) is 5.68. The monoisotopic (exact) mass is 410 g/mol. The van der Waals surface area contributed by atoms with Gasteiger partial charge in [-0.15, -0.1) is 0 Å². The number of sulfonamides is 1. The Morgan fingerprint density at radius 2 is 1.79 bits per heavy atom. The van der Waals surface area contributed by atoms with Crippen molar-refractivity contribution in [2.24, 2.45) is 0 Å². The van der Waals surface area contributed by atoms with E-state index in [4.69, 9.17) is 0 Å². The van der Waals surface area contributed by atoms with E-state index in [1.54, 1.807) is 31.2 Å². The van der Waals surface area contributed by atoms with E-state index >= 15 is 0 Å². The molecule has 0 fully saturated rings. The van der Waals surface area contributed by atoms with Crippen molar-refractivity contribution >= 4 is 43.2 Å². The van der Waals surface area contributed by atoms with E-state index in [1.807, 2.05) is 25.1 Å². The molecule has 7 heteroatoms. The number of hydrogen-bond donors (Lipinski definition) is 1. The molecule has 0 aliphatic rings. The maximum absolute atomic E-state index is 12.3. The second-order valence-corrected chi connectivity index (χ2v) is 8.15. The van der Waals surface area contributed by atoms with Gasteiger partial charge in [-0.25, -0.2) is 8.42 Å². The van der Waals surface area contributed by atoms with Gasteiger partial charge < -0.3 is 5.32 Å². The fourth-order valence-corrected chi connectivity index (χ4v) is 3.53. The first-order valence-corrected chi connectivity index (χ1v) is 10.0. The van der Waals surface area contributed by atoms with Gasteiger partial charge in [0.2, 0.25) is 10.0 Å². The van der Waals surface area contributed by atoms with Crippen LogP contribution in [-0.2, 0) is 10.0 Å². The molecule has 128 valence electrons. The van der Waals surface area contributed by atoms with E-state index in [2.05, 4.69) is 21.2 Å². The average molecular weight is 411 g/mol. The molecule has 0 aliphatic carbocycles. The number of benzene rings is 2. The van der Waals surface area contributed by atoms with Crippen LogP contribution in [-0.4, -0.2) is 27.1 Å². The Morgan fingerprint density at radius 1 is 1.17 bits per heavy atom. The highest BCUT2D eigenvalue weighted by Crippen LogP contribution is 2.21. The van der Waals surface area contributed by atoms with Crippen molar-refractivity contribution in [3.8, 4) is 0 Å². The molecule has 2 aromatic carbocycles. The number of carbonyl (C=O) groups excluding carboxylic acids is 1. The Hall–Kier alpha value is -1.86. The normalized spacial score (nSPS) is 11.2. The minimum absolute atomic E-state index is 0.245. The quantitative estimate of drug-likeness (QED) is 0.814. The summed E-state index contributed by atoms with van der Waals surface area (Å²) >= 11 is 3.42. The highest BCUT2D eigenvalue weighted by atomic mass is 79.9. The number of nitrogens with one attached hydrogen (secondary N) is 1. The molecule has 0 saturated heterocycles. The Balaban J connectivity index is 2.18. The number of rotatable bonds is 5. The standard InChI is InChI=1S/C17H19BrN2O3S/c1-4-20(24(3,22)23)15-8-5-13(6-9-15)17(21)19-14-7-10-16(18)12(2)11-14/h5-11H,4H2,1-3H3,(H,19,21). The van der Waals surface area contributed by atoms with Gasteiger partial charge >= 0.3 is 0 Å². The van der Waals surface area contributed by atoms with E-state index in [0.29, 0.717) is 23.5 Å². The summed E-state index contributed by atoms with van der Waals surface area (Å²) < 4.78 is 25.7. The van der Waals surface area contributed by atoms with Crippen LogP contribution in [0.5, 0.6) is 0 Å². The maximum atomic E-state index is 12.3. The van der Waals surface area contributed by atoms with Crippen LogP contribution in [0.3, 0.4) is 0 Å². The summed E-state index contributed by atoms with van der Waals surface area (Å²) in [6.07, 6.45) is 1.16. The van der Waals surface area contributed by atoms with E-state index < -0.39 is 10.0 Å². The summed E-state index contributed by atoms with van der Waals surface area (Å²) in [6.45, 7) is 4.04. The Morgan fingerprint density at radius 3 is 2.29 bits per heavy atom. The lowest BCUT2D eigenvalue weighted by Gasteiger charge is -2.20. The predicted molar refractivity (Wildman–Crippen MR) is 101 cm³/mol. The third-order valence-electron chi connectivity index (χ3n) is 3.52. The van der Waals surface area contributed by atoms with Gasteiger partial charge in [0.15, 0.2) is 0 Å². The summed E-state index contributed by atoms with van der Waals surface area (Å²) in [4.78, 5) is 12.3. The summed E-state index contributed by atoms with van der Waals surface area (Å²) in [7, 11) is -3.33. The number of halogens is 1. The van der Waals surface area contributed by atoms with E-state index in [9.17, 15) is 13.2 Å². The first kappa shape index (κ1) is 18.5. The molecular weight excluding hydrogens is 392 g/mol. The van der Waals surface area contributed by atoms with Gasteiger partial charge in [-0.2, -0.15) is 0 Å². The summed E-state index contributed by atoms with van der Waals surface area (Å²) in [5.41, 5.74) is 2.73. The van der Waals surface area contributed by atoms with Crippen LogP contribution in [0.1, 0.15) is 22.8 Å². The lowest BCUT2D eigenvalue weighted by Crippen LogP contribution is -2.29. The fraction of sp³-hybridized carbons (Fsp3) is 0.235. The molecule has 0 aromatic heterocycles. The minimum Gasteiger partial charge on any atom is -0.322 e. The Bertz CT molecular complexity index is 849. The second kappa shape index (κ2) is 7.36. The molecule has 0 aliphatic heterocycles. The van der Waals surface area contributed by atoms with Gasteiger partial charge in [0.05, 0.1) is 11.9 Å². The minimum atomic E-state index is -3.33. The van der Waals surface area contributed by atoms with Crippen molar-refractivity contribution in [2.45, 2.75) is 13.8 Å². The lowest BCUT2D eigenvalue weighted by molar-refractivity contribution is 0.102. The number of carbonyl (C=O) groups is 1. The van der Waals surface area contributed by atoms with Crippen molar-refractivity contribution in [1.29, 1.82) is 0 Å². The first-order valence-electron chi connectivity index (χ1n) is 7.37. The van der Waals surface area contributed by atoms with Crippen LogP contribution in [0.25, 0.3) is 0 Å². The number of nitrogens with zero attached hydrogens (tertiary/aromatic N) is 1. The van der Waals surface area contributed by atoms with Crippen LogP contribution >= 0.6 is 15.9 Å². The van der Waals surface area contributed by atoms with Gasteiger partial charge in [-0.05, 0) is 61.9 Å². The van der Waals surface area contributed by atoms with Gasteiger partial charge in [-0.3, -0.25) is 9.10 Å². The van der Waals surface area contributed by atoms with Gasteiger partial charge in [0, 0.05) is 22.3 Å². The molecule has 0 heterocycles. The molecule has 2 rings (SSSR count). The van der Waals surface area contributed by atoms with Crippen molar-refractivity contribution in [3.63, 3.8) is 0 Å². The third kappa shape index (κ3) is 4.36. The highest BCUT2D eigenvalue weighted by molar-refractivity contribution is 9.10. The van der Waals surface area contributed by atoms with Crippen LogP contribution < -0.4 is 9.62 Å². The average Bonchev–Trinajstić information content (AvgIpc) is 2.51. The molecule has 2 aromatic rings. The second-order valence-electron chi connectivity index (χ2n) is 5.39. The van der Waals surface area contributed by atoms with Crippen LogP contribution in [0, 0.1) is 6.92 Å². The number of hydrogen-bond acceptors (Lipinski definition) is 3. The first-order chi connectivity index (χ1) is 11.2. The zero-order valence-corrected chi connectivity index (χ0v) is 16.1. The van der Waals surface area contributed by atoms with Gasteiger partial charge in [-0.1, -0.05) is 15.9 Å². The summed E-state index contributed by atoms with van der Waals surface area (Å²) in [5.74, 6) is -0.245. The SMILES string of the molecule is CCN(c1ccc(C(=O)Nc2ccc(Br)c(C)c2)cc1)S(C)(=O)=O. The van der Waals surface area contributed by atoms with E-state index in [0.717, 1.165) is 16.3 Å². The largest absolute Gasteiger partial charge is 0.322 e. The highest BCUT2D eigenvalue weighted by Gasteiger charge is 2.15. The predicted octanol–water partition coefficient (Wildman–Crippen LogP) is 3.80. The lowest BCUT2D eigenvalue weighted by atomic mass is 10.1. The van der Waals surface area contributed by atoms with Gasteiger partial charge in [0.25, 0.3) is 5.91 Å². The van der Waals surface area contributed by atoms with Crippen LogP contribution in [0.4, 0.5) is 11.4 Å². The van der Waals surface area contributed by atoms with Gasteiger partial charge in [0.1, 0.15) is 0 Å². The van der Waals surface area contributed by atoms with Crippen molar-refractivity contribution < 1.29 is 13.2 Å². The number of amides is 1. The molecule has 1 amide bonds. The fourth-order valence-electron chi connectivity index (χ4n) is 2.31. The van der Waals surface area contributed by atoms with Crippen molar-refractivity contribution in [3.05, 3.63) is 58.1 Å². The van der Waals surface area contributed by atoms with Crippen LogP contribution in [0.2, 0.25) is 0 Å². The number of anilines is 2. The summed E-state index contributed by atoms with van der Waals surface area (Å²) in [6, 6.07) is 12.1. The van der Waals surface area contributed by atoms with Crippen LogP contribution in [0.15, 0.2) is 46.9 Å². The zero-order valence-electron chi connectivity index (χ0n) is 13.7. The Kier molecular flexibility index (Phi) is 5.66. The van der Waals surface area contributed by atoms with Crippen molar-refractivity contribution in [1.82, 2.24) is 0 Å².